The molecule has 1 spiro atoms. The highest BCUT2D eigenvalue weighted by molar-refractivity contribution is 5.77. The Balaban J connectivity index is 1.37. The van der Waals surface area contributed by atoms with Gasteiger partial charge in [-0.2, -0.15) is 0 Å². The van der Waals surface area contributed by atoms with Crippen molar-refractivity contribution >= 4 is 5.91 Å². The molecular formula is C20H28N2O. The van der Waals surface area contributed by atoms with Crippen LogP contribution in [-0.2, 0) is 11.3 Å². The Labute approximate surface area is 139 Å². The van der Waals surface area contributed by atoms with Crippen LogP contribution in [0.3, 0.4) is 0 Å². The van der Waals surface area contributed by atoms with Crippen LogP contribution in [0, 0.1) is 12.3 Å². The number of benzene rings is 1. The van der Waals surface area contributed by atoms with Gasteiger partial charge in [0, 0.05) is 25.6 Å². The van der Waals surface area contributed by atoms with E-state index in [1.54, 1.807) is 0 Å². The van der Waals surface area contributed by atoms with Gasteiger partial charge in [-0.15, -0.1) is 0 Å². The molecule has 2 heterocycles. The molecule has 1 aliphatic carbocycles. The summed E-state index contributed by atoms with van der Waals surface area (Å²) in [6.45, 7) is 6.69. The molecule has 3 heteroatoms. The minimum absolute atomic E-state index is 0.415. The Hall–Kier alpha value is -1.35. The van der Waals surface area contributed by atoms with E-state index in [4.69, 9.17) is 0 Å². The highest BCUT2D eigenvalue weighted by Gasteiger charge is 2.44. The molecule has 3 fully saturated rings. The van der Waals surface area contributed by atoms with Crippen LogP contribution in [-0.4, -0.2) is 41.4 Å². The zero-order valence-electron chi connectivity index (χ0n) is 14.3. The lowest BCUT2D eigenvalue weighted by Gasteiger charge is -2.47. The molecule has 1 aromatic carbocycles. The molecule has 0 N–H and O–H groups in total. The maximum Gasteiger partial charge on any atom is 0.222 e. The van der Waals surface area contributed by atoms with Crippen molar-refractivity contribution in [2.75, 3.05) is 19.6 Å². The van der Waals surface area contributed by atoms with Crippen LogP contribution in [0.4, 0.5) is 0 Å². The number of amides is 1. The number of nitrogens with zero attached hydrogens (tertiary/aromatic N) is 2. The summed E-state index contributed by atoms with van der Waals surface area (Å²) in [5.74, 6) is 0.417. The molecule has 124 valence electrons. The first kappa shape index (κ1) is 15.2. The van der Waals surface area contributed by atoms with Gasteiger partial charge in [0.15, 0.2) is 0 Å². The lowest BCUT2D eigenvalue weighted by atomic mass is 9.72. The summed E-state index contributed by atoms with van der Waals surface area (Å²) in [6, 6.07) is 9.32. The average Bonchev–Trinajstić information content (AvgIpc) is 3.39. The zero-order chi connectivity index (χ0) is 15.9. The minimum atomic E-state index is 0.415. The minimum Gasteiger partial charge on any atom is -0.339 e. The average molecular weight is 312 g/mol. The number of carbonyl (C=O) groups is 1. The molecule has 0 atom stereocenters. The van der Waals surface area contributed by atoms with E-state index in [0.29, 0.717) is 17.4 Å². The first-order valence-corrected chi connectivity index (χ1v) is 9.22. The van der Waals surface area contributed by atoms with E-state index < -0.39 is 0 Å². The molecule has 1 amide bonds. The van der Waals surface area contributed by atoms with E-state index in [2.05, 4.69) is 41.0 Å². The van der Waals surface area contributed by atoms with Crippen LogP contribution in [0.5, 0.6) is 0 Å². The molecule has 0 radical (unpaired) electrons. The summed E-state index contributed by atoms with van der Waals surface area (Å²) in [4.78, 5) is 17.0. The number of likely N-dealkylation sites (tertiary alicyclic amines) is 2. The summed E-state index contributed by atoms with van der Waals surface area (Å²) in [5, 5.41) is 0. The quantitative estimate of drug-likeness (QED) is 0.854. The molecule has 1 saturated carbocycles. The molecule has 1 aromatic rings. The standard InChI is InChI=1S/C20H28N2O/c1-16-4-2-3-5-17(16)14-21-12-10-20(11-13-21)9-8-19(23)22(15-20)18-6-7-18/h2-5,18H,6-15H2,1H3. The third-order valence-electron chi connectivity index (χ3n) is 6.25. The monoisotopic (exact) mass is 312 g/mol. The van der Waals surface area contributed by atoms with Crippen LogP contribution in [0.2, 0.25) is 0 Å². The maximum atomic E-state index is 12.2. The summed E-state index contributed by atoms with van der Waals surface area (Å²) in [5.41, 5.74) is 3.27. The van der Waals surface area contributed by atoms with Crippen LogP contribution < -0.4 is 0 Å². The van der Waals surface area contributed by atoms with Crippen molar-refractivity contribution in [3.8, 4) is 0 Å². The molecule has 3 nitrogen and oxygen atoms in total. The van der Waals surface area contributed by atoms with Gasteiger partial charge in [-0.05, 0) is 68.7 Å². The predicted molar refractivity (Wildman–Crippen MR) is 92.1 cm³/mol. The summed E-state index contributed by atoms with van der Waals surface area (Å²) < 4.78 is 0. The van der Waals surface area contributed by atoms with E-state index in [9.17, 15) is 4.79 Å². The van der Waals surface area contributed by atoms with Gasteiger partial charge in [0.05, 0.1) is 0 Å². The van der Waals surface area contributed by atoms with Crippen molar-refractivity contribution < 1.29 is 4.79 Å². The van der Waals surface area contributed by atoms with Crippen molar-refractivity contribution in [3.63, 3.8) is 0 Å². The zero-order valence-corrected chi connectivity index (χ0v) is 14.3. The van der Waals surface area contributed by atoms with Gasteiger partial charge in [0.25, 0.3) is 0 Å². The Bertz CT molecular complexity index is 585. The second-order valence-corrected chi connectivity index (χ2v) is 7.96. The van der Waals surface area contributed by atoms with Crippen molar-refractivity contribution in [1.29, 1.82) is 0 Å². The van der Waals surface area contributed by atoms with Gasteiger partial charge in [-0.25, -0.2) is 0 Å². The fourth-order valence-corrected chi connectivity index (χ4v) is 4.39. The molecule has 23 heavy (non-hydrogen) atoms. The molecule has 0 bridgehead atoms. The van der Waals surface area contributed by atoms with E-state index in [1.165, 1.54) is 49.9 Å². The third-order valence-corrected chi connectivity index (χ3v) is 6.25. The molecule has 2 aliphatic heterocycles. The van der Waals surface area contributed by atoms with Crippen LogP contribution in [0.1, 0.15) is 49.7 Å². The first-order chi connectivity index (χ1) is 11.2. The van der Waals surface area contributed by atoms with E-state index in [0.717, 1.165) is 25.9 Å². The lowest BCUT2D eigenvalue weighted by Crippen LogP contribution is -2.52. The number of rotatable bonds is 3. The van der Waals surface area contributed by atoms with Crippen LogP contribution in [0.15, 0.2) is 24.3 Å². The Morgan fingerprint density at radius 1 is 1.13 bits per heavy atom. The summed E-state index contributed by atoms with van der Waals surface area (Å²) in [6.07, 6.45) is 6.90. The lowest BCUT2D eigenvalue weighted by molar-refractivity contribution is -0.139. The van der Waals surface area contributed by atoms with Gasteiger partial charge in [-0.3, -0.25) is 9.69 Å². The maximum absolute atomic E-state index is 12.2. The molecule has 0 aromatic heterocycles. The van der Waals surface area contributed by atoms with E-state index >= 15 is 0 Å². The summed E-state index contributed by atoms with van der Waals surface area (Å²) >= 11 is 0. The topological polar surface area (TPSA) is 23.6 Å². The highest BCUT2D eigenvalue weighted by atomic mass is 16.2. The number of hydrogen-bond acceptors (Lipinski definition) is 2. The fraction of sp³-hybridized carbons (Fsp3) is 0.650. The highest BCUT2D eigenvalue weighted by Crippen LogP contribution is 2.43. The Kier molecular flexibility index (Phi) is 3.92. The molecular weight excluding hydrogens is 284 g/mol. The van der Waals surface area contributed by atoms with Gasteiger partial charge in [0.2, 0.25) is 5.91 Å². The molecule has 3 aliphatic rings. The van der Waals surface area contributed by atoms with Crippen molar-refractivity contribution in [2.45, 2.75) is 58.0 Å². The SMILES string of the molecule is Cc1ccccc1CN1CCC2(CCC(=O)N(C3CC3)C2)CC1. The molecule has 2 saturated heterocycles. The van der Waals surface area contributed by atoms with Crippen LogP contribution in [0.25, 0.3) is 0 Å². The normalized spacial score (nSPS) is 25.1. The van der Waals surface area contributed by atoms with Crippen LogP contribution >= 0.6 is 0 Å². The van der Waals surface area contributed by atoms with E-state index in [1.807, 2.05) is 0 Å². The Morgan fingerprint density at radius 3 is 2.57 bits per heavy atom. The van der Waals surface area contributed by atoms with Gasteiger partial charge >= 0.3 is 0 Å². The van der Waals surface area contributed by atoms with E-state index in [-0.39, 0.29) is 0 Å². The second kappa shape index (κ2) is 5.94. The first-order valence-electron chi connectivity index (χ1n) is 9.22. The van der Waals surface area contributed by atoms with Gasteiger partial charge in [0.1, 0.15) is 0 Å². The number of carbonyl (C=O) groups excluding carboxylic acids is 1. The number of piperidine rings is 2. The van der Waals surface area contributed by atoms with Crippen molar-refractivity contribution in [1.82, 2.24) is 9.80 Å². The smallest absolute Gasteiger partial charge is 0.222 e. The third kappa shape index (κ3) is 3.16. The molecule has 4 rings (SSSR count). The fourth-order valence-electron chi connectivity index (χ4n) is 4.39. The van der Waals surface area contributed by atoms with Crippen molar-refractivity contribution in [3.05, 3.63) is 35.4 Å². The predicted octanol–water partition coefficient (Wildman–Crippen LogP) is 3.36. The van der Waals surface area contributed by atoms with Gasteiger partial charge in [-0.1, -0.05) is 24.3 Å². The largest absolute Gasteiger partial charge is 0.339 e. The van der Waals surface area contributed by atoms with Gasteiger partial charge < -0.3 is 4.90 Å². The molecule has 0 unspecified atom stereocenters. The second-order valence-electron chi connectivity index (χ2n) is 7.96. The summed E-state index contributed by atoms with van der Waals surface area (Å²) in [7, 11) is 0. The Morgan fingerprint density at radius 2 is 1.87 bits per heavy atom. The number of hydrogen-bond donors (Lipinski definition) is 0. The van der Waals surface area contributed by atoms with Crippen molar-refractivity contribution in [2.24, 2.45) is 5.41 Å². The number of aryl methyl sites for hydroxylation is 1.